The maximum absolute atomic E-state index is 13.3. The number of hydroxylamine groups is 1. The molecule has 132 valence electrons. The van der Waals surface area contributed by atoms with Crippen molar-refractivity contribution in [1.29, 1.82) is 0 Å². The van der Waals surface area contributed by atoms with Crippen molar-refractivity contribution in [3.05, 3.63) is 65.2 Å². The van der Waals surface area contributed by atoms with Crippen LogP contribution in [0.4, 0.5) is 17.6 Å². The molecule has 0 saturated heterocycles. The number of nitrogens with one attached hydrogen (secondary N) is 1. The van der Waals surface area contributed by atoms with Crippen LogP contribution < -0.4 is 5.48 Å². The molecule has 5 nitrogen and oxygen atoms in total. The van der Waals surface area contributed by atoms with Crippen LogP contribution in [0.5, 0.6) is 0 Å². The fourth-order valence-electron chi connectivity index (χ4n) is 2.54. The van der Waals surface area contributed by atoms with Gasteiger partial charge in [-0.25, -0.2) is 9.37 Å². The van der Waals surface area contributed by atoms with Crippen LogP contribution in [0.2, 0.25) is 0 Å². The summed E-state index contributed by atoms with van der Waals surface area (Å²) in [6, 6.07) is 9.25. The van der Waals surface area contributed by atoms with Crippen molar-refractivity contribution in [3.8, 4) is 0 Å². The van der Waals surface area contributed by atoms with Gasteiger partial charge >= 0.3 is 6.18 Å². The number of hydrogen-bond acceptors (Lipinski definition) is 4. The molecule has 1 unspecified atom stereocenters. The SMILES string of the molecule is ONC(O)c1ccc(Cn2c(C(F)(F)F)nc3cc(F)ccc32)cc1. The molecule has 9 heteroatoms. The molecule has 2 aromatic carbocycles. The number of halogens is 4. The standard InChI is InChI=1S/C16H13F4N3O2/c17-11-5-6-13-12(7-11)21-15(16(18,19)20)23(13)8-9-1-3-10(4-2-9)14(24)22-25/h1-7,14,22,24-25H,8H2. The van der Waals surface area contributed by atoms with Crippen molar-refractivity contribution in [3.63, 3.8) is 0 Å². The predicted octanol–water partition coefficient (Wildman–Crippen LogP) is 3.21. The quantitative estimate of drug-likeness (QED) is 0.382. The Bertz CT molecular complexity index is 891. The second-order valence-corrected chi connectivity index (χ2v) is 5.43. The van der Waals surface area contributed by atoms with E-state index >= 15 is 0 Å². The Labute approximate surface area is 139 Å². The van der Waals surface area contributed by atoms with Gasteiger partial charge in [-0.15, -0.1) is 0 Å². The molecule has 0 spiro atoms. The summed E-state index contributed by atoms with van der Waals surface area (Å²) < 4.78 is 54.0. The van der Waals surface area contributed by atoms with E-state index in [2.05, 4.69) is 4.98 Å². The van der Waals surface area contributed by atoms with E-state index < -0.39 is 24.0 Å². The number of alkyl halides is 3. The predicted molar refractivity (Wildman–Crippen MR) is 80.1 cm³/mol. The van der Waals surface area contributed by atoms with Gasteiger partial charge in [0.15, 0.2) is 6.23 Å². The largest absolute Gasteiger partial charge is 0.449 e. The molecule has 0 aliphatic rings. The van der Waals surface area contributed by atoms with Crippen LogP contribution in [0.1, 0.15) is 23.2 Å². The van der Waals surface area contributed by atoms with Crippen LogP contribution in [-0.2, 0) is 12.7 Å². The lowest BCUT2D eigenvalue weighted by Gasteiger charge is -2.13. The molecular weight excluding hydrogens is 342 g/mol. The number of imidazole rings is 1. The van der Waals surface area contributed by atoms with Gasteiger partial charge in [0.1, 0.15) is 5.82 Å². The fraction of sp³-hybridized carbons (Fsp3) is 0.188. The van der Waals surface area contributed by atoms with Gasteiger partial charge in [-0.3, -0.25) is 0 Å². The molecule has 3 rings (SSSR count). The highest BCUT2D eigenvalue weighted by Crippen LogP contribution is 2.32. The van der Waals surface area contributed by atoms with Crippen molar-refractivity contribution in [1.82, 2.24) is 15.0 Å². The molecule has 0 radical (unpaired) electrons. The lowest BCUT2D eigenvalue weighted by molar-refractivity contribution is -0.146. The Morgan fingerprint density at radius 2 is 1.80 bits per heavy atom. The van der Waals surface area contributed by atoms with Crippen LogP contribution in [-0.4, -0.2) is 19.9 Å². The summed E-state index contributed by atoms with van der Waals surface area (Å²) in [5, 5.41) is 18.1. The highest BCUT2D eigenvalue weighted by Gasteiger charge is 2.37. The molecule has 3 N–H and O–H groups in total. The van der Waals surface area contributed by atoms with Gasteiger partial charge in [-0.1, -0.05) is 24.3 Å². The second-order valence-electron chi connectivity index (χ2n) is 5.43. The lowest BCUT2D eigenvalue weighted by Crippen LogP contribution is -2.17. The zero-order valence-corrected chi connectivity index (χ0v) is 12.6. The van der Waals surface area contributed by atoms with Gasteiger partial charge < -0.3 is 14.9 Å². The number of fused-ring (bicyclic) bond motifs is 1. The van der Waals surface area contributed by atoms with Crippen LogP contribution in [0, 0.1) is 5.82 Å². The van der Waals surface area contributed by atoms with Gasteiger partial charge in [-0.2, -0.15) is 18.7 Å². The summed E-state index contributed by atoms with van der Waals surface area (Å²) in [4.78, 5) is 3.51. The Morgan fingerprint density at radius 1 is 1.12 bits per heavy atom. The van der Waals surface area contributed by atoms with Gasteiger partial charge in [0.2, 0.25) is 5.82 Å². The van der Waals surface area contributed by atoms with E-state index in [9.17, 15) is 22.7 Å². The molecule has 25 heavy (non-hydrogen) atoms. The normalized spacial score (nSPS) is 13.4. The molecule has 0 fully saturated rings. The van der Waals surface area contributed by atoms with E-state index in [-0.39, 0.29) is 17.6 Å². The number of aromatic nitrogens is 2. The molecule has 3 aromatic rings. The molecule has 0 aliphatic carbocycles. The van der Waals surface area contributed by atoms with Crippen molar-refractivity contribution >= 4 is 11.0 Å². The number of hydrogen-bond donors (Lipinski definition) is 3. The van der Waals surface area contributed by atoms with Crippen LogP contribution in [0.25, 0.3) is 11.0 Å². The summed E-state index contributed by atoms with van der Waals surface area (Å²) in [6.45, 7) is -0.139. The average Bonchev–Trinajstić information content (AvgIpc) is 2.92. The highest BCUT2D eigenvalue weighted by molar-refractivity contribution is 5.76. The zero-order valence-electron chi connectivity index (χ0n) is 12.6. The first-order chi connectivity index (χ1) is 11.8. The minimum absolute atomic E-state index is 0.0798. The number of aliphatic hydroxyl groups is 1. The Kier molecular flexibility index (Phi) is 4.46. The summed E-state index contributed by atoms with van der Waals surface area (Å²) in [6.07, 6.45) is -5.98. The van der Waals surface area contributed by atoms with E-state index in [1.54, 1.807) is 5.48 Å². The first-order valence-electron chi connectivity index (χ1n) is 7.19. The summed E-state index contributed by atoms with van der Waals surface area (Å²) in [5.74, 6) is -1.78. The van der Waals surface area contributed by atoms with Crippen molar-refractivity contribution in [2.24, 2.45) is 0 Å². The highest BCUT2D eigenvalue weighted by atomic mass is 19.4. The maximum atomic E-state index is 13.3. The monoisotopic (exact) mass is 355 g/mol. The molecular formula is C16H13F4N3O2. The van der Waals surface area contributed by atoms with Gasteiger partial charge in [-0.05, 0) is 23.3 Å². The first-order valence-corrected chi connectivity index (χ1v) is 7.19. The van der Waals surface area contributed by atoms with Crippen molar-refractivity contribution in [2.45, 2.75) is 18.9 Å². The summed E-state index contributed by atoms with van der Waals surface area (Å²) >= 11 is 0. The van der Waals surface area contributed by atoms with Crippen LogP contribution in [0.3, 0.4) is 0 Å². The third-order valence-electron chi connectivity index (χ3n) is 3.72. The number of rotatable bonds is 4. The molecule has 1 heterocycles. The lowest BCUT2D eigenvalue weighted by atomic mass is 10.1. The third kappa shape index (κ3) is 3.48. The topological polar surface area (TPSA) is 70.3 Å². The third-order valence-corrected chi connectivity index (χ3v) is 3.72. The fourth-order valence-corrected chi connectivity index (χ4v) is 2.54. The van der Waals surface area contributed by atoms with Crippen LogP contribution in [0.15, 0.2) is 42.5 Å². The average molecular weight is 355 g/mol. The Balaban J connectivity index is 2.02. The molecule has 0 bridgehead atoms. The molecule has 1 atom stereocenters. The van der Waals surface area contributed by atoms with Crippen molar-refractivity contribution < 1.29 is 27.9 Å². The zero-order chi connectivity index (χ0) is 18.2. The first kappa shape index (κ1) is 17.3. The number of nitrogens with zero attached hydrogens (tertiary/aromatic N) is 2. The van der Waals surface area contributed by atoms with Crippen LogP contribution >= 0.6 is 0 Å². The Morgan fingerprint density at radius 3 is 2.40 bits per heavy atom. The van der Waals surface area contributed by atoms with Crippen molar-refractivity contribution in [2.75, 3.05) is 0 Å². The Hall–Kier alpha value is -2.49. The van der Waals surface area contributed by atoms with Gasteiger partial charge in [0.25, 0.3) is 0 Å². The smallest absolute Gasteiger partial charge is 0.372 e. The van der Waals surface area contributed by atoms with E-state index in [1.807, 2.05) is 0 Å². The maximum Gasteiger partial charge on any atom is 0.449 e. The minimum atomic E-state index is -4.69. The van der Waals surface area contributed by atoms with E-state index in [0.29, 0.717) is 11.1 Å². The van der Waals surface area contributed by atoms with E-state index in [4.69, 9.17) is 5.21 Å². The minimum Gasteiger partial charge on any atom is -0.372 e. The molecule has 0 saturated carbocycles. The van der Waals surface area contributed by atoms with E-state index in [0.717, 1.165) is 16.7 Å². The summed E-state index contributed by atoms with van der Waals surface area (Å²) in [5.41, 5.74) is 2.61. The summed E-state index contributed by atoms with van der Waals surface area (Å²) in [7, 11) is 0. The van der Waals surface area contributed by atoms with Gasteiger partial charge in [0, 0.05) is 12.6 Å². The van der Waals surface area contributed by atoms with Gasteiger partial charge in [0.05, 0.1) is 11.0 Å². The second kappa shape index (κ2) is 6.43. The molecule has 0 aliphatic heterocycles. The molecule has 0 amide bonds. The number of benzene rings is 2. The van der Waals surface area contributed by atoms with E-state index in [1.165, 1.54) is 30.3 Å². The number of aliphatic hydroxyl groups excluding tert-OH is 1. The molecule has 1 aromatic heterocycles.